The first-order chi connectivity index (χ1) is 3.41. The predicted molar refractivity (Wildman–Crippen MR) is 31.3 cm³/mol. The SMILES string of the molecule is [CH2][CH]NCCCN. The molecule has 0 heterocycles. The molecule has 2 heteroatoms. The Kier molecular flexibility index (Phi) is 5.85. The summed E-state index contributed by atoms with van der Waals surface area (Å²) in [5.41, 5.74) is 5.19. The molecule has 0 spiro atoms. The van der Waals surface area contributed by atoms with Crippen molar-refractivity contribution >= 4 is 0 Å². The molecule has 0 saturated heterocycles. The Bertz CT molecular complexity index is 25.3. The summed E-state index contributed by atoms with van der Waals surface area (Å²) in [5.74, 6) is 0. The van der Waals surface area contributed by atoms with E-state index >= 15 is 0 Å². The lowest BCUT2D eigenvalue weighted by atomic mass is 10.4. The van der Waals surface area contributed by atoms with Crippen LogP contribution in [0.3, 0.4) is 0 Å². The summed E-state index contributed by atoms with van der Waals surface area (Å²) in [6, 6.07) is 0. The van der Waals surface area contributed by atoms with Crippen molar-refractivity contribution in [3.8, 4) is 0 Å². The van der Waals surface area contributed by atoms with Gasteiger partial charge in [0.15, 0.2) is 0 Å². The van der Waals surface area contributed by atoms with Crippen LogP contribution in [-0.4, -0.2) is 13.1 Å². The van der Waals surface area contributed by atoms with Crippen LogP contribution in [0.1, 0.15) is 6.42 Å². The minimum absolute atomic E-state index is 0.751. The van der Waals surface area contributed by atoms with Crippen molar-refractivity contribution in [3.05, 3.63) is 13.5 Å². The van der Waals surface area contributed by atoms with Gasteiger partial charge in [-0.2, -0.15) is 0 Å². The van der Waals surface area contributed by atoms with Crippen LogP contribution in [0, 0.1) is 13.5 Å². The zero-order valence-electron chi connectivity index (χ0n) is 4.48. The molecule has 0 saturated carbocycles. The lowest BCUT2D eigenvalue weighted by molar-refractivity contribution is 0.739. The highest BCUT2D eigenvalue weighted by atomic mass is 14.8. The van der Waals surface area contributed by atoms with Crippen molar-refractivity contribution in [1.82, 2.24) is 5.32 Å². The first kappa shape index (κ1) is 6.92. The molecular weight excluding hydrogens is 88.1 g/mol. The molecule has 0 aliphatic carbocycles. The van der Waals surface area contributed by atoms with Crippen molar-refractivity contribution in [2.75, 3.05) is 13.1 Å². The monoisotopic (exact) mass is 100 g/mol. The van der Waals surface area contributed by atoms with E-state index in [4.69, 9.17) is 5.73 Å². The van der Waals surface area contributed by atoms with Gasteiger partial charge >= 0.3 is 0 Å². The molecule has 42 valence electrons. The summed E-state index contributed by atoms with van der Waals surface area (Å²) in [4.78, 5) is 0. The van der Waals surface area contributed by atoms with Crippen LogP contribution in [0.15, 0.2) is 0 Å². The number of hydrogen-bond donors (Lipinski definition) is 2. The van der Waals surface area contributed by atoms with Crippen molar-refractivity contribution < 1.29 is 0 Å². The van der Waals surface area contributed by atoms with Gasteiger partial charge in [0.2, 0.25) is 0 Å². The lowest BCUT2D eigenvalue weighted by Crippen LogP contribution is -2.13. The van der Waals surface area contributed by atoms with E-state index in [1.165, 1.54) is 0 Å². The maximum Gasteiger partial charge on any atom is 0.0221 e. The third-order valence-electron chi connectivity index (χ3n) is 0.670. The van der Waals surface area contributed by atoms with Gasteiger partial charge in [0, 0.05) is 6.54 Å². The van der Waals surface area contributed by atoms with Crippen LogP contribution in [0.5, 0.6) is 0 Å². The van der Waals surface area contributed by atoms with E-state index in [9.17, 15) is 0 Å². The highest BCUT2D eigenvalue weighted by Gasteiger charge is 1.77. The van der Waals surface area contributed by atoms with Gasteiger partial charge in [0.05, 0.1) is 0 Å². The average Bonchev–Trinajstić information content (AvgIpc) is 1.69. The van der Waals surface area contributed by atoms with E-state index in [2.05, 4.69) is 12.2 Å². The zero-order valence-corrected chi connectivity index (χ0v) is 4.48. The average molecular weight is 100 g/mol. The summed E-state index contributed by atoms with van der Waals surface area (Å²) in [5, 5.41) is 2.93. The molecule has 0 aromatic rings. The van der Waals surface area contributed by atoms with Gasteiger partial charge in [-0.05, 0) is 26.4 Å². The Balaban J connectivity index is 2.45. The lowest BCUT2D eigenvalue weighted by Gasteiger charge is -1.94. The van der Waals surface area contributed by atoms with E-state index in [1.807, 2.05) is 0 Å². The Morgan fingerprint density at radius 3 is 2.86 bits per heavy atom. The Morgan fingerprint density at radius 2 is 2.43 bits per heavy atom. The normalized spacial score (nSPS) is 9.43. The second-order valence-electron chi connectivity index (χ2n) is 1.30. The van der Waals surface area contributed by atoms with Crippen LogP contribution in [-0.2, 0) is 0 Å². The number of nitrogens with two attached hydrogens (primary N) is 1. The molecule has 0 aliphatic rings. The van der Waals surface area contributed by atoms with Gasteiger partial charge < -0.3 is 11.1 Å². The molecule has 0 rings (SSSR count). The molecule has 0 amide bonds. The molecule has 0 aliphatic heterocycles. The summed E-state index contributed by atoms with van der Waals surface area (Å²) in [6.45, 7) is 6.85. The van der Waals surface area contributed by atoms with Crippen molar-refractivity contribution in [2.24, 2.45) is 5.73 Å². The molecule has 7 heavy (non-hydrogen) atoms. The number of nitrogens with one attached hydrogen (secondary N) is 1. The summed E-state index contributed by atoms with van der Waals surface area (Å²) < 4.78 is 0. The maximum absolute atomic E-state index is 5.19. The van der Waals surface area contributed by atoms with Gasteiger partial charge in [-0.3, -0.25) is 0 Å². The van der Waals surface area contributed by atoms with E-state index in [0.717, 1.165) is 19.5 Å². The van der Waals surface area contributed by atoms with Crippen LogP contribution in [0.25, 0.3) is 0 Å². The predicted octanol–water partition coefficient (Wildman–Crippen LogP) is -0.0793. The smallest absolute Gasteiger partial charge is 0.0221 e. The number of rotatable bonds is 4. The van der Waals surface area contributed by atoms with E-state index < -0.39 is 0 Å². The second kappa shape index (κ2) is 5.92. The molecule has 0 aromatic heterocycles. The van der Waals surface area contributed by atoms with E-state index in [-0.39, 0.29) is 0 Å². The van der Waals surface area contributed by atoms with Crippen molar-refractivity contribution in [1.29, 1.82) is 0 Å². The summed E-state index contributed by atoms with van der Waals surface area (Å²) in [6.07, 6.45) is 1.02. The fourth-order valence-electron chi connectivity index (χ4n) is 0.306. The van der Waals surface area contributed by atoms with Gasteiger partial charge in [0.1, 0.15) is 0 Å². The first-order valence-electron chi connectivity index (χ1n) is 2.46. The first-order valence-corrected chi connectivity index (χ1v) is 2.46. The summed E-state index contributed by atoms with van der Waals surface area (Å²) in [7, 11) is 0. The minimum atomic E-state index is 0.751. The highest BCUT2D eigenvalue weighted by molar-refractivity contribution is 4.61. The molecule has 3 N–H and O–H groups in total. The molecule has 0 aromatic carbocycles. The topological polar surface area (TPSA) is 38.0 Å². The Hall–Kier alpha value is -0.0800. The fourth-order valence-corrected chi connectivity index (χ4v) is 0.306. The van der Waals surface area contributed by atoms with Crippen LogP contribution >= 0.6 is 0 Å². The standard InChI is InChI=1S/C5H12N2/c1-2-7-5-3-4-6/h2,7H,1,3-6H2. The molecule has 0 atom stereocenters. The van der Waals surface area contributed by atoms with E-state index in [1.54, 1.807) is 6.54 Å². The van der Waals surface area contributed by atoms with E-state index in [0.29, 0.717) is 0 Å². The molecule has 0 bridgehead atoms. The Morgan fingerprint density at radius 1 is 1.71 bits per heavy atom. The second-order valence-corrected chi connectivity index (χ2v) is 1.30. The van der Waals surface area contributed by atoms with Gasteiger partial charge in [-0.1, -0.05) is 0 Å². The Labute approximate surface area is 45.1 Å². The summed E-state index contributed by atoms with van der Waals surface area (Å²) >= 11 is 0. The minimum Gasteiger partial charge on any atom is -0.330 e. The van der Waals surface area contributed by atoms with Crippen molar-refractivity contribution in [2.45, 2.75) is 6.42 Å². The number of hydrogen-bond acceptors (Lipinski definition) is 2. The molecule has 0 fully saturated rings. The largest absolute Gasteiger partial charge is 0.330 e. The molecule has 0 unspecified atom stereocenters. The van der Waals surface area contributed by atoms with Crippen LogP contribution < -0.4 is 11.1 Å². The molecular formula is C5H12N2. The quantitative estimate of drug-likeness (QED) is 0.485. The fraction of sp³-hybridized carbons (Fsp3) is 0.600. The third-order valence-corrected chi connectivity index (χ3v) is 0.670. The van der Waals surface area contributed by atoms with Gasteiger partial charge in [0.25, 0.3) is 0 Å². The van der Waals surface area contributed by atoms with Crippen molar-refractivity contribution in [3.63, 3.8) is 0 Å². The zero-order chi connectivity index (χ0) is 5.54. The third kappa shape index (κ3) is 5.92. The van der Waals surface area contributed by atoms with Crippen LogP contribution in [0.4, 0.5) is 0 Å². The molecule has 2 radical (unpaired) electrons. The highest BCUT2D eigenvalue weighted by Crippen LogP contribution is 1.68. The van der Waals surface area contributed by atoms with Gasteiger partial charge in [-0.25, -0.2) is 0 Å². The maximum atomic E-state index is 5.19. The van der Waals surface area contributed by atoms with Gasteiger partial charge in [-0.15, -0.1) is 0 Å². The van der Waals surface area contributed by atoms with Crippen LogP contribution in [0.2, 0.25) is 0 Å². The molecule has 2 nitrogen and oxygen atoms in total.